The number of thiophene rings is 1. The summed E-state index contributed by atoms with van der Waals surface area (Å²) < 4.78 is 10.8. The Morgan fingerprint density at radius 1 is 1.24 bits per heavy atom. The molecule has 2 N–H and O–H groups in total. The van der Waals surface area contributed by atoms with Crippen molar-refractivity contribution in [3.05, 3.63) is 29.1 Å². The molecule has 0 fully saturated rings. The zero-order chi connectivity index (χ0) is 15.2. The van der Waals surface area contributed by atoms with Gasteiger partial charge in [0.25, 0.3) is 0 Å². The van der Waals surface area contributed by atoms with E-state index in [0.717, 1.165) is 22.9 Å². The predicted octanol–water partition coefficient (Wildman–Crippen LogP) is 2.98. The Morgan fingerprint density at radius 2 is 2.05 bits per heavy atom. The lowest BCUT2D eigenvalue weighted by atomic mass is 10.2. The number of unbranched alkanes of at least 4 members (excludes halogenated alkanes) is 1. The van der Waals surface area contributed by atoms with Gasteiger partial charge in [-0.1, -0.05) is 13.3 Å². The maximum atomic E-state index is 11.9. The van der Waals surface area contributed by atoms with Gasteiger partial charge < -0.3 is 15.2 Å². The quantitative estimate of drug-likeness (QED) is 0.504. The lowest BCUT2D eigenvalue weighted by molar-refractivity contribution is -0.147. The third kappa shape index (κ3) is 4.19. The van der Waals surface area contributed by atoms with Crippen molar-refractivity contribution in [3.63, 3.8) is 0 Å². The van der Waals surface area contributed by atoms with E-state index in [-0.39, 0.29) is 6.61 Å². The third-order valence-corrected chi connectivity index (χ3v) is 3.92. The number of fused-ring (bicyclic) bond motifs is 1. The number of nitrogens with two attached hydrogens (primary N) is 1. The van der Waals surface area contributed by atoms with Crippen molar-refractivity contribution in [1.29, 1.82) is 0 Å². The maximum absolute atomic E-state index is 11.9. The van der Waals surface area contributed by atoms with Gasteiger partial charge in [0.1, 0.15) is 4.88 Å². The number of ether oxygens (including phenoxy) is 2. The zero-order valence-corrected chi connectivity index (χ0v) is 12.6. The SMILES string of the molecule is CCCCOC(=O)COC(=O)c1cc2cc(N)ccc2s1. The second-order valence-electron chi connectivity index (χ2n) is 4.56. The molecular weight excluding hydrogens is 290 g/mol. The molecule has 21 heavy (non-hydrogen) atoms. The number of hydrogen-bond donors (Lipinski definition) is 1. The summed E-state index contributed by atoms with van der Waals surface area (Å²) in [6.07, 6.45) is 1.75. The number of rotatable bonds is 6. The first kappa shape index (κ1) is 15.3. The van der Waals surface area contributed by atoms with Crippen molar-refractivity contribution in [2.45, 2.75) is 19.8 Å². The largest absolute Gasteiger partial charge is 0.463 e. The van der Waals surface area contributed by atoms with Crippen LogP contribution >= 0.6 is 11.3 Å². The lowest BCUT2D eigenvalue weighted by Crippen LogP contribution is -2.16. The summed E-state index contributed by atoms with van der Waals surface area (Å²) in [5, 5.41) is 0.887. The minimum absolute atomic E-state index is 0.356. The van der Waals surface area contributed by atoms with Gasteiger partial charge in [0.05, 0.1) is 6.61 Å². The van der Waals surface area contributed by atoms with E-state index in [1.807, 2.05) is 13.0 Å². The van der Waals surface area contributed by atoms with Gasteiger partial charge in [0.2, 0.25) is 0 Å². The molecule has 0 aliphatic rings. The number of esters is 2. The Balaban J connectivity index is 1.91. The molecule has 2 rings (SSSR count). The van der Waals surface area contributed by atoms with E-state index < -0.39 is 11.9 Å². The van der Waals surface area contributed by atoms with Gasteiger partial charge in [0, 0.05) is 10.4 Å². The highest BCUT2D eigenvalue weighted by molar-refractivity contribution is 7.20. The minimum Gasteiger partial charge on any atom is -0.463 e. The van der Waals surface area contributed by atoms with Crippen LogP contribution in [0, 0.1) is 0 Å². The molecule has 0 saturated carbocycles. The van der Waals surface area contributed by atoms with E-state index in [2.05, 4.69) is 0 Å². The van der Waals surface area contributed by atoms with Gasteiger partial charge in [-0.15, -0.1) is 11.3 Å². The van der Waals surface area contributed by atoms with E-state index in [4.69, 9.17) is 15.2 Å². The van der Waals surface area contributed by atoms with E-state index in [0.29, 0.717) is 17.2 Å². The van der Waals surface area contributed by atoms with Gasteiger partial charge in [0.15, 0.2) is 6.61 Å². The fourth-order valence-electron chi connectivity index (χ4n) is 1.73. The summed E-state index contributed by atoms with van der Waals surface area (Å²) in [5.41, 5.74) is 6.33. The molecule has 0 bridgehead atoms. The average Bonchev–Trinajstić information content (AvgIpc) is 2.88. The van der Waals surface area contributed by atoms with Crippen molar-refractivity contribution in [2.75, 3.05) is 18.9 Å². The number of benzene rings is 1. The molecule has 0 amide bonds. The molecule has 2 aromatic rings. The van der Waals surface area contributed by atoms with Crippen LogP contribution < -0.4 is 5.73 Å². The molecule has 0 saturated heterocycles. The van der Waals surface area contributed by atoms with Gasteiger partial charge >= 0.3 is 11.9 Å². The van der Waals surface area contributed by atoms with Crippen LogP contribution in [0.4, 0.5) is 5.69 Å². The predicted molar refractivity (Wildman–Crippen MR) is 82.4 cm³/mol. The fourth-order valence-corrected chi connectivity index (χ4v) is 2.67. The van der Waals surface area contributed by atoms with E-state index in [9.17, 15) is 9.59 Å². The highest BCUT2D eigenvalue weighted by atomic mass is 32.1. The Morgan fingerprint density at radius 3 is 2.81 bits per heavy atom. The molecule has 112 valence electrons. The summed E-state index contributed by atoms with van der Waals surface area (Å²) in [4.78, 5) is 23.7. The van der Waals surface area contributed by atoms with Crippen molar-refractivity contribution >= 4 is 39.0 Å². The molecule has 0 radical (unpaired) electrons. The summed E-state index contributed by atoms with van der Waals surface area (Å²) in [6.45, 7) is 2.00. The number of anilines is 1. The fraction of sp³-hybridized carbons (Fsp3) is 0.333. The summed E-state index contributed by atoms with van der Waals surface area (Å²) in [7, 11) is 0. The Bertz CT molecular complexity index is 650. The van der Waals surface area contributed by atoms with Gasteiger partial charge in [-0.3, -0.25) is 0 Å². The number of carbonyl (C=O) groups is 2. The first-order chi connectivity index (χ1) is 10.1. The molecule has 1 heterocycles. The highest BCUT2D eigenvalue weighted by Gasteiger charge is 2.14. The Kier molecular flexibility index (Phi) is 5.16. The first-order valence-corrected chi connectivity index (χ1v) is 7.53. The second-order valence-corrected chi connectivity index (χ2v) is 5.64. The van der Waals surface area contributed by atoms with Crippen LogP contribution in [0.1, 0.15) is 29.4 Å². The van der Waals surface area contributed by atoms with E-state index >= 15 is 0 Å². The van der Waals surface area contributed by atoms with Gasteiger partial charge in [-0.2, -0.15) is 0 Å². The van der Waals surface area contributed by atoms with E-state index in [1.165, 1.54) is 11.3 Å². The number of carbonyl (C=O) groups excluding carboxylic acids is 2. The summed E-state index contributed by atoms with van der Waals surface area (Å²) in [6, 6.07) is 7.13. The summed E-state index contributed by atoms with van der Waals surface area (Å²) >= 11 is 1.31. The zero-order valence-electron chi connectivity index (χ0n) is 11.8. The van der Waals surface area contributed by atoms with Gasteiger partial charge in [-0.25, -0.2) is 9.59 Å². The van der Waals surface area contributed by atoms with Crippen molar-refractivity contribution in [3.8, 4) is 0 Å². The third-order valence-electron chi connectivity index (χ3n) is 2.82. The molecular formula is C15H17NO4S. The summed E-state index contributed by atoms with van der Waals surface area (Å²) in [5.74, 6) is -1.05. The number of hydrogen-bond acceptors (Lipinski definition) is 6. The topological polar surface area (TPSA) is 78.6 Å². The molecule has 0 unspecified atom stereocenters. The molecule has 0 aliphatic carbocycles. The van der Waals surface area contributed by atoms with Crippen LogP contribution in [0.3, 0.4) is 0 Å². The molecule has 1 aromatic heterocycles. The van der Waals surface area contributed by atoms with Crippen LogP contribution in [0.25, 0.3) is 10.1 Å². The normalized spacial score (nSPS) is 10.5. The van der Waals surface area contributed by atoms with Crippen LogP contribution in [0.5, 0.6) is 0 Å². The smallest absolute Gasteiger partial charge is 0.348 e. The minimum atomic E-state index is -0.526. The van der Waals surface area contributed by atoms with Crippen LogP contribution in [0.2, 0.25) is 0 Å². The van der Waals surface area contributed by atoms with E-state index in [1.54, 1.807) is 18.2 Å². The van der Waals surface area contributed by atoms with Crippen molar-refractivity contribution in [2.24, 2.45) is 0 Å². The van der Waals surface area contributed by atoms with Crippen molar-refractivity contribution < 1.29 is 19.1 Å². The van der Waals surface area contributed by atoms with Gasteiger partial charge in [-0.05, 0) is 36.1 Å². The first-order valence-electron chi connectivity index (χ1n) is 6.72. The van der Waals surface area contributed by atoms with Crippen LogP contribution in [-0.2, 0) is 14.3 Å². The molecule has 0 aliphatic heterocycles. The molecule has 6 heteroatoms. The molecule has 0 atom stereocenters. The molecule has 0 spiro atoms. The highest BCUT2D eigenvalue weighted by Crippen LogP contribution is 2.27. The standard InChI is InChI=1S/C15H17NO4S/c1-2-3-6-19-14(17)9-20-15(18)13-8-10-7-11(16)4-5-12(10)21-13/h4-5,7-8H,2-3,6,9,16H2,1H3. The van der Waals surface area contributed by atoms with Crippen LogP contribution in [0.15, 0.2) is 24.3 Å². The van der Waals surface area contributed by atoms with Crippen LogP contribution in [-0.4, -0.2) is 25.2 Å². The second kappa shape index (κ2) is 7.08. The Hall–Kier alpha value is -2.08. The number of nitrogen functional groups attached to an aromatic ring is 1. The lowest BCUT2D eigenvalue weighted by Gasteiger charge is -2.04. The molecule has 5 nitrogen and oxygen atoms in total. The van der Waals surface area contributed by atoms with Crippen molar-refractivity contribution in [1.82, 2.24) is 0 Å². The maximum Gasteiger partial charge on any atom is 0.348 e. The average molecular weight is 307 g/mol. The Labute approximate surface area is 126 Å². The molecule has 1 aromatic carbocycles. The monoisotopic (exact) mass is 307 g/mol.